The van der Waals surface area contributed by atoms with E-state index in [1.165, 1.54) is 38.1 Å². The van der Waals surface area contributed by atoms with Crippen LogP contribution in [0.3, 0.4) is 0 Å². The predicted octanol–water partition coefficient (Wildman–Crippen LogP) is 4.22. The number of benzene rings is 2. The topological polar surface area (TPSA) is 67.4 Å². The molecule has 0 unspecified atom stereocenters. The molecule has 0 saturated carbocycles. The van der Waals surface area contributed by atoms with E-state index in [-0.39, 0.29) is 6.10 Å². The molecule has 138 valence electrons. The molecule has 0 fully saturated rings. The first-order chi connectivity index (χ1) is 12.2. The number of nitrogens with one attached hydrogen (secondary N) is 2. The number of hydrogen-bond acceptors (Lipinski definition) is 3. The third kappa shape index (κ3) is 5.05. The Labute approximate surface area is 152 Å². The minimum atomic E-state index is -1.32. The second-order valence-corrected chi connectivity index (χ2v) is 6.73. The van der Waals surface area contributed by atoms with Crippen LogP contribution < -0.4 is 15.4 Å². The van der Waals surface area contributed by atoms with Crippen molar-refractivity contribution < 1.29 is 18.7 Å². The van der Waals surface area contributed by atoms with Gasteiger partial charge < -0.3 is 15.4 Å². The molecule has 0 spiro atoms. The molecule has 5 nitrogen and oxygen atoms in total. The molecule has 2 N–H and O–H groups in total. The Morgan fingerprint density at radius 1 is 0.885 bits per heavy atom. The number of halogens is 1. The number of anilines is 2. The lowest BCUT2D eigenvalue weighted by molar-refractivity contribution is -0.135. The number of carbonyl (C=O) groups excluding carboxylic acids is 2. The van der Waals surface area contributed by atoms with Crippen LogP contribution in [0.5, 0.6) is 5.75 Å². The first-order valence-corrected chi connectivity index (χ1v) is 8.33. The van der Waals surface area contributed by atoms with E-state index >= 15 is 0 Å². The summed E-state index contributed by atoms with van der Waals surface area (Å²) in [5.74, 6) is -0.632. The van der Waals surface area contributed by atoms with Crippen molar-refractivity contribution in [2.75, 3.05) is 10.6 Å². The summed E-state index contributed by atoms with van der Waals surface area (Å²) in [6.07, 6.45) is 0.0598. The number of carbonyl (C=O) groups is 2. The molecular formula is C20H23FN2O3. The fourth-order valence-electron chi connectivity index (χ4n) is 2.10. The maximum absolute atomic E-state index is 12.9. The highest BCUT2D eigenvalue weighted by molar-refractivity contribution is 6.13. The number of rotatable bonds is 6. The van der Waals surface area contributed by atoms with Crippen LogP contribution in [0, 0.1) is 11.2 Å². The Kier molecular flexibility index (Phi) is 5.97. The van der Waals surface area contributed by atoms with E-state index in [2.05, 4.69) is 10.6 Å². The molecule has 2 rings (SSSR count). The highest BCUT2D eigenvalue weighted by atomic mass is 19.1. The molecule has 0 aliphatic rings. The molecule has 2 amide bonds. The zero-order valence-corrected chi connectivity index (χ0v) is 15.3. The summed E-state index contributed by atoms with van der Waals surface area (Å²) in [4.78, 5) is 25.0. The SMILES string of the molecule is CC(C)Oc1ccc(NC(=O)C(C)(C)C(=O)Nc2ccc(F)cc2)cc1. The van der Waals surface area contributed by atoms with Gasteiger partial charge in [-0.15, -0.1) is 0 Å². The molecule has 0 saturated heterocycles. The third-order valence-corrected chi connectivity index (χ3v) is 3.72. The summed E-state index contributed by atoms with van der Waals surface area (Å²) in [5.41, 5.74) is -0.331. The van der Waals surface area contributed by atoms with Crippen molar-refractivity contribution in [1.29, 1.82) is 0 Å². The Hall–Kier alpha value is -2.89. The maximum Gasteiger partial charge on any atom is 0.239 e. The summed E-state index contributed by atoms with van der Waals surface area (Å²) in [6, 6.07) is 12.3. The highest BCUT2D eigenvalue weighted by Gasteiger charge is 2.36. The van der Waals surface area contributed by atoms with Gasteiger partial charge in [0.1, 0.15) is 17.0 Å². The van der Waals surface area contributed by atoms with Crippen molar-refractivity contribution in [3.05, 3.63) is 54.3 Å². The fraction of sp³-hybridized carbons (Fsp3) is 0.300. The average Bonchev–Trinajstić information content (AvgIpc) is 2.58. The normalized spacial score (nSPS) is 11.2. The second kappa shape index (κ2) is 7.99. The molecule has 26 heavy (non-hydrogen) atoms. The molecule has 0 aliphatic carbocycles. The first kappa shape index (κ1) is 19.4. The van der Waals surface area contributed by atoms with Crippen LogP contribution in [0.25, 0.3) is 0 Å². The summed E-state index contributed by atoms with van der Waals surface area (Å²) >= 11 is 0. The zero-order chi connectivity index (χ0) is 19.3. The summed E-state index contributed by atoms with van der Waals surface area (Å²) in [6.45, 7) is 6.91. The van der Waals surface area contributed by atoms with Crippen molar-refractivity contribution in [3.8, 4) is 5.75 Å². The molecule has 2 aromatic carbocycles. The van der Waals surface area contributed by atoms with Crippen LogP contribution in [-0.2, 0) is 9.59 Å². The second-order valence-electron chi connectivity index (χ2n) is 6.73. The molecule has 0 radical (unpaired) electrons. The van der Waals surface area contributed by atoms with Gasteiger partial charge in [0.25, 0.3) is 0 Å². The van der Waals surface area contributed by atoms with Gasteiger partial charge in [-0.25, -0.2) is 4.39 Å². The Morgan fingerprint density at radius 2 is 1.31 bits per heavy atom. The van der Waals surface area contributed by atoms with Gasteiger partial charge in [0.15, 0.2) is 0 Å². The lowest BCUT2D eigenvalue weighted by Gasteiger charge is -2.23. The standard InChI is InChI=1S/C20H23FN2O3/c1-13(2)26-17-11-9-16(10-12-17)23-19(25)20(3,4)18(24)22-15-7-5-14(21)6-8-15/h5-13H,1-4H3,(H,22,24)(H,23,25). The van der Waals surface area contributed by atoms with Crippen LogP contribution in [0.4, 0.5) is 15.8 Å². The monoisotopic (exact) mass is 358 g/mol. The van der Waals surface area contributed by atoms with Gasteiger partial charge in [-0.2, -0.15) is 0 Å². The van der Waals surface area contributed by atoms with Gasteiger partial charge in [-0.3, -0.25) is 9.59 Å². The Bertz CT molecular complexity index is 769. The van der Waals surface area contributed by atoms with E-state index in [1.54, 1.807) is 24.3 Å². The largest absolute Gasteiger partial charge is 0.491 e. The molecule has 0 bridgehead atoms. The van der Waals surface area contributed by atoms with Gasteiger partial charge >= 0.3 is 0 Å². The van der Waals surface area contributed by atoms with Gasteiger partial charge in [0, 0.05) is 11.4 Å². The molecular weight excluding hydrogens is 335 g/mol. The van der Waals surface area contributed by atoms with E-state index in [1.807, 2.05) is 13.8 Å². The van der Waals surface area contributed by atoms with Crippen LogP contribution >= 0.6 is 0 Å². The van der Waals surface area contributed by atoms with E-state index in [4.69, 9.17) is 4.74 Å². The van der Waals surface area contributed by atoms with Crippen LogP contribution in [-0.4, -0.2) is 17.9 Å². The van der Waals surface area contributed by atoms with Crippen molar-refractivity contribution in [2.24, 2.45) is 5.41 Å². The van der Waals surface area contributed by atoms with E-state index in [0.29, 0.717) is 17.1 Å². The first-order valence-electron chi connectivity index (χ1n) is 8.33. The molecule has 2 aromatic rings. The lowest BCUT2D eigenvalue weighted by Crippen LogP contribution is -2.41. The Morgan fingerprint density at radius 3 is 1.73 bits per heavy atom. The smallest absolute Gasteiger partial charge is 0.239 e. The van der Waals surface area contributed by atoms with Crippen molar-refractivity contribution in [2.45, 2.75) is 33.8 Å². The van der Waals surface area contributed by atoms with E-state index in [9.17, 15) is 14.0 Å². The number of ether oxygens (including phenoxy) is 1. The molecule has 6 heteroatoms. The Balaban J connectivity index is 2.01. The quantitative estimate of drug-likeness (QED) is 0.760. The van der Waals surface area contributed by atoms with Gasteiger partial charge in [0.05, 0.1) is 6.10 Å². The molecule has 0 atom stereocenters. The average molecular weight is 358 g/mol. The van der Waals surface area contributed by atoms with Crippen molar-refractivity contribution in [1.82, 2.24) is 0 Å². The maximum atomic E-state index is 12.9. The number of hydrogen-bond donors (Lipinski definition) is 2. The fourth-order valence-corrected chi connectivity index (χ4v) is 2.10. The summed E-state index contributed by atoms with van der Waals surface area (Å²) in [7, 11) is 0. The molecule has 0 aromatic heterocycles. The lowest BCUT2D eigenvalue weighted by atomic mass is 9.90. The molecule has 0 heterocycles. The third-order valence-electron chi connectivity index (χ3n) is 3.72. The van der Waals surface area contributed by atoms with E-state index in [0.717, 1.165) is 0 Å². The van der Waals surface area contributed by atoms with Crippen LogP contribution in [0.15, 0.2) is 48.5 Å². The van der Waals surface area contributed by atoms with Crippen LogP contribution in [0.2, 0.25) is 0 Å². The predicted molar refractivity (Wildman–Crippen MR) is 99.6 cm³/mol. The zero-order valence-electron chi connectivity index (χ0n) is 15.3. The minimum absolute atomic E-state index is 0.0598. The minimum Gasteiger partial charge on any atom is -0.491 e. The van der Waals surface area contributed by atoms with Gasteiger partial charge in [0.2, 0.25) is 11.8 Å². The van der Waals surface area contributed by atoms with Crippen LogP contribution in [0.1, 0.15) is 27.7 Å². The highest BCUT2D eigenvalue weighted by Crippen LogP contribution is 2.23. The van der Waals surface area contributed by atoms with Gasteiger partial charge in [-0.05, 0) is 76.2 Å². The number of amides is 2. The van der Waals surface area contributed by atoms with Crippen molar-refractivity contribution in [3.63, 3.8) is 0 Å². The summed E-state index contributed by atoms with van der Waals surface area (Å²) in [5, 5.41) is 5.34. The van der Waals surface area contributed by atoms with E-state index < -0.39 is 23.0 Å². The molecule has 0 aliphatic heterocycles. The summed E-state index contributed by atoms with van der Waals surface area (Å²) < 4.78 is 18.5. The van der Waals surface area contributed by atoms with Gasteiger partial charge in [-0.1, -0.05) is 0 Å². The van der Waals surface area contributed by atoms with Crippen molar-refractivity contribution >= 4 is 23.2 Å².